The molecule has 0 fully saturated rings. The topological polar surface area (TPSA) is 86.7 Å². The first-order chi connectivity index (χ1) is 9.24. The van der Waals surface area contributed by atoms with Gasteiger partial charge in [-0.3, -0.25) is 14.3 Å². The predicted molar refractivity (Wildman–Crippen MR) is 71.0 cm³/mol. The lowest BCUT2D eigenvalue weighted by molar-refractivity contribution is 0.1000. The summed E-state index contributed by atoms with van der Waals surface area (Å²) in [6.45, 7) is 0. The molecule has 0 spiro atoms. The maximum absolute atomic E-state index is 11.4. The van der Waals surface area contributed by atoms with Gasteiger partial charge in [-0.05, 0) is 12.1 Å². The molecule has 0 saturated carbocycles. The van der Waals surface area contributed by atoms with Crippen molar-refractivity contribution in [3.8, 4) is 16.4 Å². The molecule has 19 heavy (non-hydrogen) atoms. The highest BCUT2D eigenvalue weighted by Gasteiger charge is 2.10. The molecule has 3 aromatic heterocycles. The minimum absolute atomic E-state index is 0.405. The van der Waals surface area contributed by atoms with Gasteiger partial charge in [0.1, 0.15) is 12.1 Å². The molecule has 3 heterocycles. The van der Waals surface area contributed by atoms with E-state index in [-0.39, 0.29) is 0 Å². The molecule has 3 rings (SSSR count). The van der Waals surface area contributed by atoms with Crippen LogP contribution < -0.4 is 5.73 Å². The van der Waals surface area contributed by atoms with E-state index < -0.39 is 5.91 Å². The summed E-state index contributed by atoms with van der Waals surface area (Å²) in [5, 5.41) is 0. The highest BCUT2D eigenvalue weighted by molar-refractivity contribution is 7.13. The monoisotopic (exact) mass is 271 g/mol. The van der Waals surface area contributed by atoms with Crippen LogP contribution in [0.4, 0.5) is 0 Å². The van der Waals surface area contributed by atoms with E-state index >= 15 is 0 Å². The number of hydrogen-bond donors (Lipinski definition) is 1. The van der Waals surface area contributed by atoms with Crippen LogP contribution in [0, 0.1) is 0 Å². The van der Waals surface area contributed by atoms with Crippen molar-refractivity contribution in [3.63, 3.8) is 0 Å². The van der Waals surface area contributed by atoms with E-state index in [2.05, 4.69) is 15.0 Å². The second-order valence-corrected chi connectivity index (χ2v) is 4.69. The number of amides is 1. The molecule has 0 aliphatic heterocycles. The van der Waals surface area contributed by atoms with Gasteiger partial charge in [-0.2, -0.15) is 0 Å². The molecule has 0 aromatic carbocycles. The first kappa shape index (κ1) is 11.5. The quantitative estimate of drug-likeness (QED) is 0.781. The number of carbonyl (C=O) groups excluding carboxylic acids is 1. The molecule has 7 heteroatoms. The standard InChI is InChI=1S/C12H9N5OS/c13-12(18)8-3-9(10-5-15-7-19-10)16-11(4-8)17-2-1-14-6-17/h1-7H,(H2,13,18). The van der Waals surface area contributed by atoms with E-state index in [4.69, 9.17) is 5.73 Å². The van der Waals surface area contributed by atoms with Crippen LogP contribution in [0.3, 0.4) is 0 Å². The molecule has 0 atom stereocenters. The fourth-order valence-electron chi connectivity index (χ4n) is 1.65. The summed E-state index contributed by atoms with van der Waals surface area (Å²) in [5.41, 5.74) is 8.14. The van der Waals surface area contributed by atoms with E-state index in [0.29, 0.717) is 17.1 Å². The molecule has 1 amide bonds. The molecule has 6 nitrogen and oxygen atoms in total. The maximum atomic E-state index is 11.4. The average Bonchev–Trinajstić information content (AvgIpc) is 3.11. The summed E-state index contributed by atoms with van der Waals surface area (Å²) in [4.78, 5) is 24.7. The van der Waals surface area contributed by atoms with Gasteiger partial charge in [0, 0.05) is 24.2 Å². The summed E-state index contributed by atoms with van der Waals surface area (Å²) in [7, 11) is 0. The van der Waals surface area contributed by atoms with Crippen molar-refractivity contribution >= 4 is 17.2 Å². The first-order valence-corrected chi connectivity index (χ1v) is 6.31. The van der Waals surface area contributed by atoms with E-state index in [1.165, 1.54) is 11.3 Å². The number of hydrogen-bond acceptors (Lipinski definition) is 5. The number of carbonyl (C=O) groups is 1. The van der Waals surface area contributed by atoms with E-state index in [0.717, 1.165) is 4.88 Å². The number of imidazole rings is 1. The van der Waals surface area contributed by atoms with Crippen LogP contribution in [0.15, 0.2) is 42.6 Å². The average molecular weight is 271 g/mol. The maximum Gasteiger partial charge on any atom is 0.248 e. The number of primary amides is 1. The second-order valence-electron chi connectivity index (χ2n) is 3.80. The van der Waals surface area contributed by atoms with Gasteiger partial charge in [-0.25, -0.2) is 9.97 Å². The van der Waals surface area contributed by atoms with Gasteiger partial charge in [0.25, 0.3) is 0 Å². The molecule has 0 saturated heterocycles. The zero-order valence-electron chi connectivity index (χ0n) is 9.72. The van der Waals surface area contributed by atoms with Gasteiger partial charge >= 0.3 is 0 Å². The zero-order valence-corrected chi connectivity index (χ0v) is 10.5. The first-order valence-electron chi connectivity index (χ1n) is 5.43. The number of pyridine rings is 1. The van der Waals surface area contributed by atoms with E-state index in [1.807, 2.05) is 0 Å². The largest absolute Gasteiger partial charge is 0.366 e. The lowest BCUT2D eigenvalue weighted by Crippen LogP contribution is -2.12. The lowest BCUT2D eigenvalue weighted by atomic mass is 10.2. The Balaban J connectivity index is 2.18. The summed E-state index contributed by atoms with van der Waals surface area (Å²) < 4.78 is 1.72. The SMILES string of the molecule is NC(=O)c1cc(-c2cncs2)nc(-n2ccnc2)c1. The summed E-state index contributed by atoms with van der Waals surface area (Å²) in [6, 6.07) is 3.30. The van der Waals surface area contributed by atoms with Crippen LogP contribution in [0.1, 0.15) is 10.4 Å². The van der Waals surface area contributed by atoms with Crippen molar-refractivity contribution in [2.24, 2.45) is 5.73 Å². The molecule has 94 valence electrons. The minimum atomic E-state index is -0.491. The van der Waals surface area contributed by atoms with Crippen LogP contribution in [0.2, 0.25) is 0 Å². The third-order valence-corrected chi connectivity index (χ3v) is 3.35. The lowest BCUT2D eigenvalue weighted by Gasteiger charge is -2.06. The zero-order chi connectivity index (χ0) is 13.2. The van der Waals surface area contributed by atoms with Gasteiger partial charge in [0.15, 0.2) is 0 Å². The van der Waals surface area contributed by atoms with Gasteiger partial charge in [-0.1, -0.05) is 0 Å². The number of thiazole rings is 1. The molecular weight excluding hydrogens is 262 g/mol. The van der Waals surface area contributed by atoms with Crippen LogP contribution in [0.5, 0.6) is 0 Å². The Morgan fingerprint density at radius 2 is 2.21 bits per heavy atom. The molecule has 0 unspecified atom stereocenters. The third-order valence-electron chi connectivity index (χ3n) is 2.55. The molecular formula is C12H9N5OS. The Labute approximate surface area is 112 Å². The van der Waals surface area contributed by atoms with Crippen molar-refractivity contribution in [1.29, 1.82) is 0 Å². The Kier molecular flexibility index (Phi) is 2.81. The molecule has 3 aromatic rings. The Morgan fingerprint density at radius 3 is 2.84 bits per heavy atom. The summed E-state index contributed by atoms with van der Waals surface area (Å²) >= 11 is 1.45. The molecule has 0 aliphatic rings. The van der Waals surface area contributed by atoms with Crippen molar-refractivity contribution in [2.45, 2.75) is 0 Å². The van der Waals surface area contributed by atoms with Crippen molar-refractivity contribution in [2.75, 3.05) is 0 Å². The smallest absolute Gasteiger partial charge is 0.248 e. The van der Waals surface area contributed by atoms with Crippen molar-refractivity contribution in [1.82, 2.24) is 19.5 Å². The van der Waals surface area contributed by atoms with Crippen LogP contribution in [-0.2, 0) is 0 Å². The summed E-state index contributed by atoms with van der Waals surface area (Å²) in [5.74, 6) is 0.103. The molecule has 0 bridgehead atoms. The predicted octanol–water partition coefficient (Wildman–Crippen LogP) is 1.49. The third kappa shape index (κ3) is 2.23. The highest BCUT2D eigenvalue weighted by Crippen LogP contribution is 2.23. The minimum Gasteiger partial charge on any atom is -0.366 e. The second kappa shape index (κ2) is 4.62. The number of nitrogens with two attached hydrogens (primary N) is 1. The van der Waals surface area contributed by atoms with Crippen LogP contribution >= 0.6 is 11.3 Å². The molecule has 0 aliphatic carbocycles. The highest BCUT2D eigenvalue weighted by atomic mass is 32.1. The number of rotatable bonds is 3. The van der Waals surface area contributed by atoms with E-state index in [1.54, 1.807) is 47.1 Å². The fraction of sp³-hybridized carbons (Fsp3) is 0. The molecule has 2 N–H and O–H groups in total. The fourth-order valence-corrected chi connectivity index (χ4v) is 2.24. The Bertz CT molecular complexity index is 653. The molecule has 0 radical (unpaired) electrons. The van der Waals surface area contributed by atoms with Crippen molar-refractivity contribution < 1.29 is 4.79 Å². The van der Waals surface area contributed by atoms with Crippen molar-refractivity contribution in [3.05, 3.63) is 48.1 Å². The normalized spacial score (nSPS) is 10.5. The van der Waals surface area contributed by atoms with Gasteiger partial charge < -0.3 is 5.73 Å². The van der Waals surface area contributed by atoms with Gasteiger partial charge in [-0.15, -0.1) is 11.3 Å². The van der Waals surface area contributed by atoms with Crippen LogP contribution in [0.25, 0.3) is 16.4 Å². The van der Waals surface area contributed by atoms with E-state index in [9.17, 15) is 4.79 Å². The van der Waals surface area contributed by atoms with Crippen LogP contribution in [-0.4, -0.2) is 25.4 Å². The van der Waals surface area contributed by atoms with Gasteiger partial charge in [0.05, 0.1) is 16.1 Å². The number of aromatic nitrogens is 4. The van der Waals surface area contributed by atoms with Gasteiger partial charge in [0.2, 0.25) is 5.91 Å². The Morgan fingerprint density at radius 1 is 1.32 bits per heavy atom. The number of nitrogens with zero attached hydrogens (tertiary/aromatic N) is 4. The Hall–Kier alpha value is -2.54. The summed E-state index contributed by atoms with van der Waals surface area (Å²) in [6.07, 6.45) is 6.72.